The average molecular weight is 617 g/mol. The van der Waals surface area contributed by atoms with Gasteiger partial charge >= 0.3 is 0 Å². The van der Waals surface area contributed by atoms with Gasteiger partial charge in [0.15, 0.2) is 5.65 Å². The molecule has 8 nitrogen and oxygen atoms in total. The Morgan fingerprint density at radius 1 is 1.02 bits per heavy atom. The molecule has 2 bridgehead atoms. The third-order valence-corrected chi connectivity index (χ3v) is 11.8. The van der Waals surface area contributed by atoms with Crippen LogP contribution in [0.1, 0.15) is 47.4 Å². The highest BCUT2D eigenvalue weighted by molar-refractivity contribution is 7.22. The van der Waals surface area contributed by atoms with Crippen LogP contribution in [-0.2, 0) is 6.54 Å². The maximum Gasteiger partial charge on any atom is 0.254 e. The van der Waals surface area contributed by atoms with Gasteiger partial charge in [-0.2, -0.15) is 0 Å². The third kappa shape index (κ3) is 4.17. The molecule has 1 saturated heterocycles. The van der Waals surface area contributed by atoms with Gasteiger partial charge in [-0.25, -0.2) is 0 Å². The Morgan fingerprint density at radius 3 is 2.62 bits per heavy atom. The van der Waals surface area contributed by atoms with Gasteiger partial charge in [0.2, 0.25) is 0 Å². The minimum absolute atomic E-state index is 0.0697. The molecule has 0 spiro atoms. The number of carbonyl (C=O) groups excluding carboxylic acids is 1. The summed E-state index contributed by atoms with van der Waals surface area (Å²) in [6.45, 7) is 5.92. The maximum atomic E-state index is 13.8. The molecule has 2 unspecified atom stereocenters. The maximum absolute atomic E-state index is 13.8. The van der Waals surface area contributed by atoms with Gasteiger partial charge in [0.1, 0.15) is 11.6 Å². The molecule has 228 valence electrons. The van der Waals surface area contributed by atoms with E-state index in [1.165, 1.54) is 45.4 Å². The summed E-state index contributed by atoms with van der Waals surface area (Å²) in [4.78, 5) is 17.0. The molecule has 3 atom stereocenters. The van der Waals surface area contributed by atoms with Gasteiger partial charge < -0.3 is 19.9 Å². The summed E-state index contributed by atoms with van der Waals surface area (Å²) in [6.07, 6.45) is 6.72. The molecule has 0 radical (unpaired) electrons. The summed E-state index contributed by atoms with van der Waals surface area (Å²) in [5, 5.41) is 10.9. The molecule has 3 aliphatic rings. The molecule has 9 heteroatoms. The summed E-state index contributed by atoms with van der Waals surface area (Å²) in [5.41, 5.74) is 14.0. The highest BCUT2D eigenvalue weighted by Crippen LogP contribution is 2.46. The molecule has 2 aromatic carbocycles. The fraction of sp³-hybridized carbons (Fsp3) is 0.361. The van der Waals surface area contributed by atoms with E-state index >= 15 is 0 Å². The van der Waals surface area contributed by atoms with Gasteiger partial charge in [-0.3, -0.25) is 9.20 Å². The highest BCUT2D eigenvalue weighted by Gasteiger charge is 2.47. The second kappa shape index (κ2) is 9.89. The molecule has 5 heterocycles. The first-order chi connectivity index (χ1) is 21.9. The molecule has 45 heavy (non-hydrogen) atoms. The second-order valence-corrected chi connectivity index (χ2v) is 14.3. The Hall–Kier alpha value is -4.21. The van der Waals surface area contributed by atoms with Crippen LogP contribution in [0.2, 0.25) is 0 Å². The molecular formula is C36H36N6O2S. The molecule has 9 rings (SSSR count). The number of ether oxygens (including phenoxy) is 1. The quantitative estimate of drug-likeness (QED) is 0.222. The Labute approximate surface area is 265 Å². The minimum Gasteiger partial charge on any atom is -0.496 e. The van der Waals surface area contributed by atoms with E-state index in [0.717, 1.165) is 58.8 Å². The van der Waals surface area contributed by atoms with Crippen molar-refractivity contribution in [3.05, 3.63) is 71.7 Å². The number of hydrogen-bond donors (Lipinski definition) is 1. The van der Waals surface area contributed by atoms with E-state index in [0.29, 0.717) is 17.4 Å². The van der Waals surface area contributed by atoms with Gasteiger partial charge in [0.25, 0.3) is 5.91 Å². The lowest BCUT2D eigenvalue weighted by atomic mass is 10.0. The molecule has 3 fully saturated rings. The standard InChI is InChI=1S/C36H36N6O2S/c1-19-33-30(44-3)14-26(36(43)42-18-25-8-9-27(42)34(25)37)15-31(33)45-35(19)29-13-24-7-6-22(12-28(24)41(29)17-21-4-5-21)23-10-11-40-20(2)38-39-32(40)16-23/h6-7,10-16,21,25,27,34H,4-5,8-9,17-18,37H2,1-3H3/t25?,27?,34-/m1/s1. The molecule has 4 aromatic heterocycles. The molecule has 1 aliphatic heterocycles. The lowest BCUT2D eigenvalue weighted by Gasteiger charge is -2.27. The van der Waals surface area contributed by atoms with Crippen LogP contribution in [-0.4, -0.2) is 55.7 Å². The van der Waals surface area contributed by atoms with Crippen molar-refractivity contribution in [3.63, 3.8) is 0 Å². The van der Waals surface area contributed by atoms with Crippen molar-refractivity contribution in [2.24, 2.45) is 17.6 Å². The fourth-order valence-electron chi connectivity index (χ4n) is 7.88. The number of thiophene rings is 1. The predicted molar refractivity (Wildman–Crippen MR) is 179 cm³/mol. The predicted octanol–water partition coefficient (Wildman–Crippen LogP) is 6.83. The largest absolute Gasteiger partial charge is 0.496 e. The number of benzene rings is 2. The van der Waals surface area contributed by atoms with Crippen LogP contribution in [0.4, 0.5) is 0 Å². The first-order valence-corrected chi connectivity index (χ1v) is 16.8. The lowest BCUT2D eigenvalue weighted by molar-refractivity contribution is 0.0700. The van der Waals surface area contributed by atoms with Crippen LogP contribution in [0.5, 0.6) is 5.75 Å². The van der Waals surface area contributed by atoms with Gasteiger partial charge in [-0.1, -0.05) is 12.1 Å². The van der Waals surface area contributed by atoms with Gasteiger partial charge in [0.05, 0.1) is 17.7 Å². The number of methoxy groups -OCH3 is 1. The van der Waals surface area contributed by atoms with Crippen molar-refractivity contribution in [1.29, 1.82) is 0 Å². The van der Waals surface area contributed by atoms with E-state index in [1.807, 2.05) is 22.3 Å². The summed E-state index contributed by atoms with van der Waals surface area (Å²) in [7, 11) is 1.71. The number of fused-ring (bicyclic) bond motifs is 5. The van der Waals surface area contributed by atoms with Crippen LogP contribution in [0, 0.1) is 25.7 Å². The van der Waals surface area contributed by atoms with E-state index in [1.54, 1.807) is 18.4 Å². The number of hydrogen-bond acceptors (Lipinski definition) is 6. The van der Waals surface area contributed by atoms with Crippen molar-refractivity contribution in [2.75, 3.05) is 13.7 Å². The summed E-state index contributed by atoms with van der Waals surface area (Å²) < 4.78 is 11.6. The zero-order valence-corrected chi connectivity index (χ0v) is 26.6. The first-order valence-electron chi connectivity index (χ1n) is 16.0. The monoisotopic (exact) mass is 616 g/mol. The molecule has 2 saturated carbocycles. The fourth-order valence-corrected chi connectivity index (χ4v) is 9.17. The van der Waals surface area contributed by atoms with Crippen LogP contribution in [0.15, 0.2) is 54.7 Å². The van der Waals surface area contributed by atoms with E-state index in [4.69, 9.17) is 10.5 Å². The van der Waals surface area contributed by atoms with Crippen molar-refractivity contribution in [2.45, 2.75) is 58.2 Å². The Balaban J connectivity index is 1.15. The summed E-state index contributed by atoms with van der Waals surface area (Å²) in [5.74, 6) is 2.84. The van der Waals surface area contributed by atoms with E-state index in [9.17, 15) is 4.79 Å². The number of aromatic nitrogens is 4. The summed E-state index contributed by atoms with van der Waals surface area (Å²) in [6, 6.07) is 17.6. The van der Waals surface area contributed by atoms with Crippen molar-refractivity contribution < 1.29 is 9.53 Å². The highest BCUT2D eigenvalue weighted by atomic mass is 32.1. The molecular weight excluding hydrogens is 581 g/mol. The Bertz CT molecular complexity index is 2170. The molecule has 1 amide bonds. The van der Waals surface area contributed by atoms with Crippen LogP contribution in [0.25, 0.3) is 48.3 Å². The molecule has 6 aromatic rings. The number of piperidine rings is 1. The number of nitrogens with zero attached hydrogens (tertiary/aromatic N) is 5. The summed E-state index contributed by atoms with van der Waals surface area (Å²) >= 11 is 1.76. The van der Waals surface area contributed by atoms with Gasteiger partial charge in [-0.15, -0.1) is 21.5 Å². The number of aryl methyl sites for hydroxylation is 2. The van der Waals surface area contributed by atoms with Gasteiger partial charge in [-0.05, 0) is 104 Å². The number of carbonyl (C=O) groups is 1. The number of rotatable bonds is 6. The van der Waals surface area contributed by atoms with Gasteiger partial charge in [0, 0.05) is 57.9 Å². The number of nitrogens with two attached hydrogens (primary N) is 1. The van der Waals surface area contributed by atoms with Crippen molar-refractivity contribution in [1.82, 2.24) is 24.1 Å². The topological polar surface area (TPSA) is 90.7 Å². The zero-order valence-electron chi connectivity index (χ0n) is 25.8. The average Bonchev–Trinajstić information content (AvgIpc) is 3.26. The Morgan fingerprint density at radius 2 is 1.87 bits per heavy atom. The lowest BCUT2D eigenvalue weighted by Crippen LogP contribution is -2.41. The van der Waals surface area contributed by atoms with Crippen LogP contribution in [0.3, 0.4) is 0 Å². The van der Waals surface area contributed by atoms with Crippen LogP contribution < -0.4 is 10.5 Å². The van der Waals surface area contributed by atoms with E-state index in [2.05, 4.69) is 70.3 Å². The first kappa shape index (κ1) is 27.1. The number of pyridine rings is 1. The molecule has 2 N–H and O–H groups in total. The van der Waals surface area contributed by atoms with Crippen molar-refractivity contribution in [3.8, 4) is 27.4 Å². The normalized spacial score (nSPS) is 21.2. The van der Waals surface area contributed by atoms with Crippen LogP contribution >= 0.6 is 11.3 Å². The second-order valence-electron chi connectivity index (χ2n) is 13.3. The minimum atomic E-state index is 0.0697. The number of amides is 1. The SMILES string of the molecule is COc1cc(C(=O)N2CC3CCC2[C@@H]3N)cc2sc(-c3cc4ccc(-c5ccn6c(C)nnc6c5)cc4n3CC3CC3)c(C)c12. The van der Waals surface area contributed by atoms with Crippen molar-refractivity contribution >= 4 is 43.9 Å². The smallest absolute Gasteiger partial charge is 0.254 e. The zero-order chi connectivity index (χ0) is 30.6. The third-order valence-electron chi connectivity index (χ3n) is 10.6. The molecule has 2 aliphatic carbocycles. The van der Waals surface area contributed by atoms with E-state index < -0.39 is 0 Å². The van der Waals surface area contributed by atoms with E-state index in [-0.39, 0.29) is 18.0 Å². The number of likely N-dealkylation sites (tertiary alicyclic amines) is 1. The Kier molecular flexibility index (Phi) is 5.96.